The second-order valence-corrected chi connectivity index (χ2v) is 5.44. The predicted molar refractivity (Wildman–Crippen MR) is 77.6 cm³/mol. The molecule has 3 rings (SSSR count). The van der Waals surface area contributed by atoms with Crippen molar-refractivity contribution in [3.05, 3.63) is 64.5 Å². The molecule has 2 aromatic carbocycles. The van der Waals surface area contributed by atoms with Gasteiger partial charge in [0, 0.05) is 5.69 Å². The van der Waals surface area contributed by atoms with E-state index in [1.807, 2.05) is 25.1 Å². The van der Waals surface area contributed by atoms with Gasteiger partial charge < -0.3 is 5.32 Å². The van der Waals surface area contributed by atoms with Gasteiger partial charge in [0.05, 0.1) is 11.8 Å². The van der Waals surface area contributed by atoms with Crippen LogP contribution in [0, 0.1) is 12.7 Å². The van der Waals surface area contributed by atoms with Gasteiger partial charge in [0.2, 0.25) is 5.91 Å². The number of fused-ring (bicyclic) bond motifs is 1. The molecule has 2 nitrogen and oxygen atoms in total. The number of carbonyl (C=O) groups excluding carboxylic acids is 1. The molecule has 0 fully saturated rings. The molecule has 1 atom stereocenters. The summed E-state index contributed by atoms with van der Waals surface area (Å²) in [7, 11) is 0. The van der Waals surface area contributed by atoms with Crippen molar-refractivity contribution in [2.24, 2.45) is 0 Å². The number of nitrogens with one attached hydrogen (secondary N) is 1. The first-order valence-corrected chi connectivity index (χ1v) is 6.81. The molecule has 0 spiro atoms. The Kier molecular flexibility index (Phi) is 3.22. The van der Waals surface area contributed by atoms with Gasteiger partial charge in [0.1, 0.15) is 5.82 Å². The lowest BCUT2D eigenvalue weighted by molar-refractivity contribution is -0.115. The summed E-state index contributed by atoms with van der Waals surface area (Å²) in [6, 6.07) is 10.2. The van der Waals surface area contributed by atoms with E-state index in [-0.39, 0.29) is 11.7 Å². The van der Waals surface area contributed by atoms with E-state index < -0.39 is 5.38 Å². The van der Waals surface area contributed by atoms with Crippen LogP contribution in [-0.2, 0) is 11.2 Å². The maximum absolute atomic E-state index is 13.4. The van der Waals surface area contributed by atoms with Gasteiger partial charge in [-0.15, -0.1) is 11.6 Å². The van der Waals surface area contributed by atoms with Crippen molar-refractivity contribution in [2.75, 3.05) is 5.32 Å². The molecule has 0 bridgehead atoms. The van der Waals surface area contributed by atoms with Crippen LogP contribution in [0.4, 0.5) is 10.1 Å². The van der Waals surface area contributed by atoms with Crippen molar-refractivity contribution in [1.29, 1.82) is 0 Å². The topological polar surface area (TPSA) is 29.1 Å². The normalized spacial score (nSPS) is 14.8. The van der Waals surface area contributed by atoms with Crippen molar-refractivity contribution >= 4 is 23.2 Å². The first kappa shape index (κ1) is 13.1. The number of rotatable bonds is 2. The quantitative estimate of drug-likeness (QED) is 0.833. The van der Waals surface area contributed by atoms with Crippen molar-refractivity contribution in [3.8, 4) is 0 Å². The molecule has 0 saturated carbocycles. The Balaban J connectivity index is 1.99. The third-order valence-electron chi connectivity index (χ3n) is 3.56. The minimum atomic E-state index is -0.424. The Hall–Kier alpha value is -1.87. The van der Waals surface area contributed by atoms with Gasteiger partial charge >= 0.3 is 0 Å². The van der Waals surface area contributed by atoms with Crippen molar-refractivity contribution in [1.82, 2.24) is 0 Å². The third-order valence-corrected chi connectivity index (χ3v) is 4.05. The first-order chi connectivity index (χ1) is 9.54. The summed E-state index contributed by atoms with van der Waals surface area (Å²) in [6.07, 6.45) is 0.370. The Morgan fingerprint density at radius 3 is 2.85 bits per heavy atom. The predicted octanol–water partition coefficient (Wildman–Crippen LogP) is 3.96. The van der Waals surface area contributed by atoms with Gasteiger partial charge in [-0.05, 0) is 47.4 Å². The number of carbonyl (C=O) groups is 1. The SMILES string of the molecule is Cc1ccc(F)cc1C(Cl)c1ccc2c(c1)CC(=O)N2. The highest BCUT2D eigenvalue weighted by Crippen LogP contribution is 2.34. The van der Waals surface area contributed by atoms with Gasteiger partial charge in [-0.2, -0.15) is 0 Å². The van der Waals surface area contributed by atoms with Gasteiger partial charge in [-0.1, -0.05) is 18.2 Å². The van der Waals surface area contributed by atoms with E-state index in [0.717, 1.165) is 27.9 Å². The van der Waals surface area contributed by atoms with Crippen LogP contribution in [-0.4, -0.2) is 5.91 Å². The maximum atomic E-state index is 13.4. The van der Waals surface area contributed by atoms with E-state index in [0.29, 0.717) is 6.42 Å². The van der Waals surface area contributed by atoms with E-state index in [1.165, 1.54) is 12.1 Å². The van der Waals surface area contributed by atoms with E-state index in [2.05, 4.69) is 5.32 Å². The van der Waals surface area contributed by atoms with Gasteiger partial charge in [-0.25, -0.2) is 4.39 Å². The number of benzene rings is 2. The Bertz CT molecular complexity index is 699. The average Bonchev–Trinajstić information content (AvgIpc) is 2.79. The second-order valence-electron chi connectivity index (χ2n) is 5.01. The molecule has 20 heavy (non-hydrogen) atoms. The highest BCUT2D eigenvalue weighted by atomic mass is 35.5. The second kappa shape index (κ2) is 4.91. The van der Waals surface area contributed by atoms with Crippen LogP contribution in [0.1, 0.15) is 27.6 Å². The van der Waals surface area contributed by atoms with Crippen LogP contribution in [0.3, 0.4) is 0 Å². The molecule has 102 valence electrons. The molecule has 0 radical (unpaired) electrons. The fourth-order valence-electron chi connectivity index (χ4n) is 2.47. The summed E-state index contributed by atoms with van der Waals surface area (Å²) in [4.78, 5) is 11.4. The molecule has 0 aliphatic carbocycles. The zero-order valence-corrected chi connectivity index (χ0v) is 11.7. The molecule has 4 heteroatoms. The number of alkyl halides is 1. The lowest BCUT2D eigenvalue weighted by Gasteiger charge is -2.14. The maximum Gasteiger partial charge on any atom is 0.228 e. The van der Waals surface area contributed by atoms with Crippen LogP contribution in [0.5, 0.6) is 0 Å². The number of amides is 1. The van der Waals surface area contributed by atoms with Gasteiger partial charge in [0.15, 0.2) is 0 Å². The minimum absolute atomic E-state index is 0.00907. The smallest absolute Gasteiger partial charge is 0.228 e. The van der Waals surface area contributed by atoms with Gasteiger partial charge in [-0.3, -0.25) is 4.79 Å². The fraction of sp³-hybridized carbons (Fsp3) is 0.188. The summed E-state index contributed by atoms with van der Waals surface area (Å²) >= 11 is 6.47. The summed E-state index contributed by atoms with van der Waals surface area (Å²) in [5, 5.41) is 2.36. The third kappa shape index (κ3) is 2.29. The molecule has 1 amide bonds. The van der Waals surface area contributed by atoms with Crippen LogP contribution < -0.4 is 5.32 Å². The van der Waals surface area contributed by atoms with Crippen LogP contribution in [0.15, 0.2) is 36.4 Å². The highest BCUT2D eigenvalue weighted by molar-refractivity contribution is 6.22. The molecule has 1 aliphatic rings. The van der Waals surface area contributed by atoms with Crippen LogP contribution >= 0.6 is 11.6 Å². The van der Waals surface area contributed by atoms with E-state index in [9.17, 15) is 9.18 Å². The Morgan fingerprint density at radius 2 is 2.05 bits per heavy atom. The number of aryl methyl sites for hydroxylation is 1. The first-order valence-electron chi connectivity index (χ1n) is 6.37. The van der Waals surface area contributed by atoms with Crippen LogP contribution in [0.25, 0.3) is 0 Å². The van der Waals surface area contributed by atoms with Crippen molar-refractivity contribution < 1.29 is 9.18 Å². The zero-order valence-electron chi connectivity index (χ0n) is 10.9. The van der Waals surface area contributed by atoms with E-state index >= 15 is 0 Å². The molecule has 2 aromatic rings. The van der Waals surface area contributed by atoms with Crippen molar-refractivity contribution in [3.63, 3.8) is 0 Å². The summed E-state index contributed by atoms with van der Waals surface area (Å²) in [5.74, 6) is -0.306. The highest BCUT2D eigenvalue weighted by Gasteiger charge is 2.20. The number of hydrogen-bond acceptors (Lipinski definition) is 1. The van der Waals surface area contributed by atoms with Crippen LogP contribution in [0.2, 0.25) is 0 Å². The van der Waals surface area contributed by atoms with Crippen molar-refractivity contribution in [2.45, 2.75) is 18.7 Å². The molecule has 1 N–H and O–H groups in total. The minimum Gasteiger partial charge on any atom is -0.326 e. The number of halogens is 2. The molecular weight excluding hydrogens is 277 g/mol. The summed E-state index contributed by atoms with van der Waals surface area (Å²) in [6.45, 7) is 1.91. The zero-order chi connectivity index (χ0) is 14.3. The summed E-state index contributed by atoms with van der Waals surface area (Å²) < 4.78 is 13.4. The largest absolute Gasteiger partial charge is 0.326 e. The molecule has 1 heterocycles. The fourth-order valence-corrected chi connectivity index (χ4v) is 2.84. The lowest BCUT2D eigenvalue weighted by Crippen LogP contribution is -2.03. The monoisotopic (exact) mass is 289 g/mol. The van der Waals surface area contributed by atoms with E-state index in [1.54, 1.807) is 6.07 Å². The van der Waals surface area contributed by atoms with E-state index in [4.69, 9.17) is 11.6 Å². The Morgan fingerprint density at radius 1 is 1.25 bits per heavy atom. The Labute approximate surface area is 121 Å². The lowest BCUT2D eigenvalue weighted by atomic mass is 9.98. The standard InChI is InChI=1S/C16H13ClFNO/c1-9-2-4-12(18)8-13(9)16(17)10-3-5-14-11(6-10)7-15(20)19-14/h2-6,8,16H,7H2,1H3,(H,19,20). The number of hydrogen-bond donors (Lipinski definition) is 1. The van der Waals surface area contributed by atoms with Gasteiger partial charge in [0.25, 0.3) is 0 Å². The molecule has 0 saturated heterocycles. The number of anilines is 1. The summed E-state index contributed by atoms with van der Waals surface area (Å²) in [5.41, 5.74) is 4.34. The average molecular weight is 290 g/mol. The molecule has 0 aromatic heterocycles. The molecule has 1 unspecified atom stereocenters. The molecular formula is C16H13ClFNO. The molecule has 1 aliphatic heterocycles.